The van der Waals surface area contributed by atoms with Gasteiger partial charge in [-0.05, 0) is 27.7 Å². The van der Waals surface area contributed by atoms with Gasteiger partial charge in [0.15, 0.2) is 0 Å². The third kappa shape index (κ3) is 4.24. The number of hydrogen-bond donors (Lipinski definition) is 0. The summed E-state index contributed by atoms with van der Waals surface area (Å²) in [5.74, 6) is 0. The van der Waals surface area contributed by atoms with Crippen molar-refractivity contribution in [2.45, 2.75) is 38.1 Å². The first-order chi connectivity index (χ1) is 9.84. The number of carbonyl (C=O) groups is 1. The molecule has 8 nitrogen and oxygen atoms in total. The molecular formula is C12H22N4O4S. The van der Waals surface area contributed by atoms with Crippen molar-refractivity contribution >= 4 is 15.9 Å². The lowest BCUT2D eigenvalue weighted by Crippen LogP contribution is -2.37. The average Bonchev–Trinajstić information content (AvgIpc) is 2.93. The Bertz CT molecular complexity index is 568. The second kappa shape index (κ2) is 7.51. The molecule has 0 radical (unpaired) electrons. The number of nitrogens with zero attached hydrogens (tertiary/aromatic N) is 4. The van der Waals surface area contributed by atoms with Crippen molar-refractivity contribution < 1.29 is 17.9 Å². The van der Waals surface area contributed by atoms with Crippen LogP contribution in [0.1, 0.15) is 27.7 Å². The molecule has 0 N–H and O–H groups in total. The molecular weight excluding hydrogens is 296 g/mol. The number of likely N-dealkylation sites (N-methyl/N-ethyl adjacent to an activating group) is 1. The molecule has 0 aliphatic rings. The van der Waals surface area contributed by atoms with E-state index in [4.69, 9.17) is 4.74 Å². The number of amides is 1. The Hall–Kier alpha value is -1.48. The van der Waals surface area contributed by atoms with Crippen molar-refractivity contribution in [1.29, 1.82) is 0 Å². The molecule has 1 amide bonds. The monoisotopic (exact) mass is 318 g/mol. The van der Waals surface area contributed by atoms with Gasteiger partial charge in [0.2, 0.25) is 9.84 Å². The highest BCUT2D eigenvalue weighted by Crippen LogP contribution is 2.10. The summed E-state index contributed by atoms with van der Waals surface area (Å²) in [5.41, 5.74) is 0. The summed E-state index contributed by atoms with van der Waals surface area (Å²) in [4.78, 5) is 17.5. The van der Waals surface area contributed by atoms with Crippen LogP contribution in [0.25, 0.3) is 0 Å². The van der Waals surface area contributed by atoms with Gasteiger partial charge in [0.25, 0.3) is 5.16 Å². The summed E-state index contributed by atoms with van der Waals surface area (Å²) in [6, 6.07) is -0.421. The summed E-state index contributed by atoms with van der Waals surface area (Å²) >= 11 is 0. The van der Waals surface area contributed by atoms with Gasteiger partial charge >= 0.3 is 6.03 Å². The second-order valence-corrected chi connectivity index (χ2v) is 7.02. The van der Waals surface area contributed by atoms with Crippen LogP contribution in [0.15, 0.2) is 11.5 Å². The first kappa shape index (κ1) is 17.6. The number of rotatable bonds is 7. The van der Waals surface area contributed by atoms with Gasteiger partial charge in [0.1, 0.15) is 6.33 Å². The van der Waals surface area contributed by atoms with Crippen LogP contribution in [0, 0.1) is 0 Å². The number of carbonyl (C=O) groups excluding carboxylic acids is 1. The predicted octanol–water partition coefficient (Wildman–Crippen LogP) is 0.787. The van der Waals surface area contributed by atoms with Crippen LogP contribution in [0.3, 0.4) is 0 Å². The molecule has 1 heterocycles. The maximum absolute atomic E-state index is 12.2. The Morgan fingerprint density at radius 2 is 2.10 bits per heavy atom. The molecule has 120 valence electrons. The smallest absolute Gasteiger partial charge is 0.346 e. The van der Waals surface area contributed by atoms with Gasteiger partial charge in [-0.1, -0.05) is 0 Å². The Labute approximate surface area is 125 Å². The normalized spacial score (nSPS) is 11.9. The molecule has 0 spiro atoms. The topological polar surface area (TPSA) is 94.4 Å². The minimum absolute atomic E-state index is 0.327. The molecule has 0 aromatic carbocycles. The average molecular weight is 318 g/mol. The summed E-state index contributed by atoms with van der Waals surface area (Å²) in [7, 11) is -3.58. The van der Waals surface area contributed by atoms with E-state index >= 15 is 0 Å². The predicted molar refractivity (Wildman–Crippen MR) is 76.9 cm³/mol. The molecule has 1 aromatic heterocycles. The Morgan fingerprint density at radius 3 is 2.62 bits per heavy atom. The fourth-order valence-corrected chi connectivity index (χ4v) is 2.35. The largest absolute Gasteiger partial charge is 0.380 e. The third-order valence-corrected chi connectivity index (χ3v) is 4.84. The molecule has 0 unspecified atom stereocenters. The van der Waals surface area contributed by atoms with Crippen molar-refractivity contribution in [3.63, 3.8) is 0 Å². The first-order valence-corrected chi connectivity index (χ1v) is 8.41. The van der Waals surface area contributed by atoms with Crippen LogP contribution >= 0.6 is 0 Å². The zero-order chi connectivity index (χ0) is 16.0. The van der Waals surface area contributed by atoms with E-state index in [0.717, 1.165) is 11.0 Å². The highest BCUT2D eigenvalue weighted by Gasteiger charge is 2.25. The standard InChI is InChI=1S/C12H22N4O4S/c1-5-15(7-8-20-6-2)12(17)16-9-13-11(14-16)21(18,19)10(3)4/h9-10H,5-8H2,1-4H3. The summed E-state index contributed by atoms with van der Waals surface area (Å²) < 4.78 is 30.0. The number of ether oxygens (including phenoxy) is 1. The highest BCUT2D eigenvalue weighted by molar-refractivity contribution is 7.91. The minimum atomic E-state index is -3.58. The van der Waals surface area contributed by atoms with Gasteiger partial charge in [-0.2, -0.15) is 4.68 Å². The Kier molecular flexibility index (Phi) is 6.28. The number of hydrogen-bond acceptors (Lipinski definition) is 6. The van der Waals surface area contributed by atoms with Crippen molar-refractivity contribution in [2.75, 3.05) is 26.3 Å². The zero-order valence-corrected chi connectivity index (χ0v) is 13.6. The Balaban J connectivity index is 2.86. The van der Waals surface area contributed by atoms with E-state index in [1.165, 1.54) is 18.7 Å². The maximum Gasteiger partial charge on any atom is 0.346 e. The van der Waals surface area contributed by atoms with E-state index in [1.807, 2.05) is 13.8 Å². The first-order valence-electron chi connectivity index (χ1n) is 6.87. The van der Waals surface area contributed by atoms with Gasteiger partial charge in [-0.15, -0.1) is 5.10 Å². The zero-order valence-electron chi connectivity index (χ0n) is 12.8. The van der Waals surface area contributed by atoms with E-state index in [9.17, 15) is 13.2 Å². The van der Waals surface area contributed by atoms with E-state index in [1.54, 1.807) is 0 Å². The van der Waals surface area contributed by atoms with Crippen molar-refractivity contribution in [3.8, 4) is 0 Å². The van der Waals surface area contributed by atoms with Crippen LogP contribution in [-0.4, -0.2) is 65.7 Å². The molecule has 1 rings (SSSR count). The lowest BCUT2D eigenvalue weighted by Gasteiger charge is -2.19. The molecule has 0 atom stereocenters. The van der Waals surface area contributed by atoms with E-state index in [2.05, 4.69) is 10.1 Å². The summed E-state index contributed by atoms with van der Waals surface area (Å²) in [6.07, 6.45) is 1.13. The van der Waals surface area contributed by atoms with Gasteiger partial charge in [-0.25, -0.2) is 18.2 Å². The minimum Gasteiger partial charge on any atom is -0.380 e. The molecule has 21 heavy (non-hydrogen) atoms. The maximum atomic E-state index is 12.2. The lowest BCUT2D eigenvalue weighted by molar-refractivity contribution is 0.120. The summed E-state index contributed by atoms with van der Waals surface area (Å²) in [6.45, 7) is 8.66. The van der Waals surface area contributed by atoms with Gasteiger partial charge in [-0.3, -0.25) is 0 Å². The van der Waals surface area contributed by atoms with Gasteiger partial charge in [0, 0.05) is 19.7 Å². The van der Waals surface area contributed by atoms with Crippen LogP contribution in [-0.2, 0) is 14.6 Å². The fraction of sp³-hybridized carbons (Fsp3) is 0.750. The molecule has 0 aliphatic carbocycles. The molecule has 1 aromatic rings. The van der Waals surface area contributed by atoms with Gasteiger partial charge < -0.3 is 9.64 Å². The molecule has 0 aliphatic heterocycles. The van der Waals surface area contributed by atoms with Crippen LogP contribution < -0.4 is 0 Å². The second-order valence-electron chi connectivity index (χ2n) is 4.62. The van der Waals surface area contributed by atoms with Gasteiger partial charge in [0.05, 0.1) is 11.9 Å². The van der Waals surface area contributed by atoms with Crippen molar-refractivity contribution in [2.24, 2.45) is 0 Å². The highest BCUT2D eigenvalue weighted by atomic mass is 32.2. The van der Waals surface area contributed by atoms with Crippen LogP contribution in [0.4, 0.5) is 4.79 Å². The SMILES string of the molecule is CCOCCN(CC)C(=O)n1cnc(S(=O)(=O)C(C)C)n1. The molecule has 0 bridgehead atoms. The summed E-state index contributed by atoms with van der Waals surface area (Å²) in [5, 5.41) is 2.82. The fourth-order valence-electron chi connectivity index (χ4n) is 1.53. The van der Waals surface area contributed by atoms with E-state index < -0.39 is 21.1 Å². The Morgan fingerprint density at radius 1 is 1.43 bits per heavy atom. The quantitative estimate of drug-likeness (QED) is 0.690. The molecule has 9 heteroatoms. The molecule has 0 fully saturated rings. The molecule has 0 saturated carbocycles. The van der Waals surface area contributed by atoms with E-state index in [0.29, 0.717) is 26.3 Å². The number of aromatic nitrogens is 3. The van der Waals surface area contributed by atoms with E-state index in [-0.39, 0.29) is 5.16 Å². The van der Waals surface area contributed by atoms with Crippen LogP contribution in [0.2, 0.25) is 0 Å². The van der Waals surface area contributed by atoms with Crippen LogP contribution in [0.5, 0.6) is 0 Å². The lowest BCUT2D eigenvalue weighted by atomic mass is 10.5. The van der Waals surface area contributed by atoms with Crippen molar-refractivity contribution in [1.82, 2.24) is 19.7 Å². The third-order valence-electron chi connectivity index (χ3n) is 2.90. The number of sulfone groups is 1. The van der Waals surface area contributed by atoms with Crippen molar-refractivity contribution in [3.05, 3.63) is 6.33 Å². The molecule has 0 saturated heterocycles.